The Morgan fingerprint density at radius 1 is 1.44 bits per heavy atom. The van der Waals surface area contributed by atoms with Gasteiger partial charge in [0, 0.05) is 12.5 Å². The maximum Gasteiger partial charge on any atom is 0.336 e. The molecule has 0 saturated heterocycles. The van der Waals surface area contributed by atoms with Crippen molar-refractivity contribution < 1.29 is 19.7 Å². The summed E-state index contributed by atoms with van der Waals surface area (Å²) in [6.45, 7) is 6.57. The van der Waals surface area contributed by atoms with Gasteiger partial charge in [0.15, 0.2) is 5.60 Å². The topological polar surface area (TPSA) is 66.8 Å². The molecule has 0 spiro atoms. The van der Waals surface area contributed by atoms with Crippen LogP contribution in [0.3, 0.4) is 0 Å². The van der Waals surface area contributed by atoms with Crippen LogP contribution in [0.2, 0.25) is 0 Å². The molecule has 1 rings (SSSR count). The molecule has 4 nitrogen and oxygen atoms in total. The number of ether oxygens (including phenoxy) is 1. The van der Waals surface area contributed by atoms with Crippen molar-refractivity contribution in [2.45, 2.75) is 52.1 Å². The third-order valence-electron chi connectivity index (χ3n) is 4.05. The van der Waals surface area contributed by atoms with Gasteiger partial charge in [-0.3, -0.25) is 0 Å². The Balaban J connectivity index is 2.90. The smallest absolute Gasteiger partial charge is 0.336 e. The summed E-state index contributed by atoms with van der Waals surface area (Å²) in [5.41, 5.74) is -1.05. The lowest BCUT2D eigenvalue weighted by Gasteiger charge is -2.44. The molecule has 0 aromatic carbocycles. The number of hydrogen-bond donors (Lipinski definition) is 2. The second-order valence-corrected chi connectivity index (χ2v) is 5.86. The maximum atomic E-state index is 11.7. The molecule has 3 atom stereocenters. The minimum Gasteiger partial charge on any atom is -0.479 e. The number of rotatable bonds is 6. The van der Waals surface area contributed by atoms with E-state index in [0.717, 1.165) is 12.8 Å². The number of aliphatic hydroxyl groups is 1. The Kier molecular flexibility index (Phi) is 5.60. The monoisotopic (exact) mass is 258 g/mol. The minimum atomic E-state index is -1.05. The molecular weight excluding hydrogens is 232 g/mol. The summed E-state index contributed by atoms with van der Waals surface area (Å²) >= 11 is 0. The molecule has 0 amide bonds. The number of carboxylic acid groups (broad SMARTS) is 1. The van der Waals surface area contributed by atoms with Crippen molar-refractivity contribution in [3.05, 3.63) is 0 Å². The molecule has 0 radical (unpaired) electrons. The van der Waals surface area contributed by atoms with Crippen LogP contribution in [0.4, 0.5) is 0 Å². The van der Waals surface area contributed by atoms with E-state index >= 15 is 0 Å². The second kappa shape index (κ2) is 6.53. The van der Waals surface area contributed by atoms with E-state index in [2.05, 4.69) is 20.8 Å². The highest BCUT2D eigenvalue weighted by Gasteiger charge is 2.51. The number of carboxylic acids is 1. The molecule has 1 aliphatic carbocycles. The summed E-state index contributed by atoms with van der Waals surface area (Å²) in [6.07, 6.45) is 3.05. The quantitative estimate of drug-likeness (QED) is 0.717. The molecular formula is C14H26O4. The summed E-state index contributed by atoms with van der Waals surface area (Å²) in [4.78, 5) is 11.7. The van der Waals surface area contributed by atoms with Crippen LogP contribution in [0.5, 0.6) is 0 Å². The van der Waals surface area contributed by atoms with E-state index in [0.29, 0.717) is 31.3 Å². The molecule has 1 saturated carbocycles. The van der Waals surface area contributed by atoms with Crippen LogP contribution in [0.25, 0.3) is 0 Å². The van der Waals surface area contributed by atoms with Crippen LogP contribution in [-0.2, 0) is 9.53 Å². The highest BCUT2D eigenvalue weighted by Crippen LogP contribution is 2.43. The Bertz CT molecular complexity index is 277. The average Bonchev–Trinajstić information content (AvgIpc) is 2.28. The molecule has 1 aliphatic rings. The molecule has 0 aliphatic heterocycles. The van der Waals surface area contributed by atoms with Crippen molar-refractivity contribution in [1.82, 2.24) is 0 Å². The van der Waals surface area contributed by atoms with Gasteiger partial charge in [-0.25, -0.2) is 4.79 Å². The Morgan fingerprint density at radius 3 is 2.61 bits per heavy atom. The van der Waals surface area contributed by atoms with Gasteiger partial charge in [0.2, 0.25) is 0 Å². The summed E-state index contributed by atoms with van der Waals surface area (Å²) in [7, 11) is 0. The average molecular weight is 258 g/mol. The normalized spacial score (nSPS) is 32.7. The Morgan fingerprint density at radius 2 is 2.11 bits per heavy atom. The summed E-state index contributed by atoms with van der Waals surface area (Å²) in [6, 6.07) is 0. The van der Waals surface area contributed by atoms with E-state index in [4.69, 9.17) is 9.84 Å². The molecule has 106 valence electrons. The first-order chi connectivity index (χ1) is 8.44. The number of aliphatic carboxylic acids is 1. The van der Waals surface area contributed by atoms with Gasteiger partial charge in [-0.15, -0.1) is 0 Å². The first kappa shape index (κ1) is 15.4. The molecule has 3 unspecified atom stereocenters. The summed E-state index contributed by atoms with van der Waals surface area (Å²) in [5, 5.41) is 18.5. The lowest BCUT2D eigenvalue weighted by atomic mass is 9.67. The zero-order valence-corrected chi connectivity index (χ0v) is 11.7. The second-order valence-electron chi connectivity index (χ2n) is 5.86. The van der Waals surface area contributed by atoms with Crippen LogP contribution in [-0.4, -0.2) is 35.0 Å². The van der Waals surface area contributed by atoms with Crippen molar-refractivity contribution in [2.75, 3.05) is 13.2 Å². The number of carbonyl (C=O) groups is 1. The number of hydrogen-bond acceptors (Lipinski definition) is 3. The predicted octanol–water partition coefficient (Wildman–Crippen LogP) is 2.30. The zero-order chi connectivity index (χ0) is 13.8. The van der Waals surface area contributed by atoms with Crippen molar-refractivity contribution in [2.24, 2.45) is 17.8 Å². The molecule has 1 fully saturated rings. The number of aliphatic hydroxyl groups excluding tert-OH is 1. The summed E-state index contributed by atoms with van der Waals surface area (Å²) < 4.78 is 5.76. The van der Waals surface area contributed by atoms with Crippen molar-refractivity contribution in [3.8, 4) is 0 Å². The van der Waals surface area contributed by atoms with Gasteiger partial charge in [0.05, 0.1) is 6.61 Å². The molecule has 0 aromatic heterocycles. The molecule has 0 aromatic rings. The van der Waals surface area contributed by atoms with Gasteiger partial charge in [-0.1, -0.05) is 27.2 Å². The fourth-order valence-electron chi connectivity index (χ4n) is 3.13. The maximum absolute atomic E-state index is 11.7. The summed E-state index contributed by atoms with van der Waals surface area (Å²) in [5.74, 6) is -0.108. The van der Waals surface area contributed by atoms with Gasteiger partial charge in [0.25, 0.3) is 0 Å². The van der Waals surface area contributed by atoms with Gasteiger partial charge in [-0.05, 0) is 31.1 Å². The molecule has 0 heterocycles. The van der Waals surface area contributed by atoms with Crippen molar-refractivity contribution >= 4 is 5.97 Å². The van der Waals surface area contributed by atoms with Crippen molar-refractivity contribution in [3.63, 3.8) is 0 Å². The molecule has 18 heavy (non-hydrogen) atoms. The minimum absolute atomic E-state index is 0.0393. The van der Waals surface area contributed by atoms with Crippen LogP contribution >= 0.6 is 0 Å². The van der Waals surface area contributed by atoms with Crippen LogP contribution in [0.15, 0.2) is 0 Å². The lowest BCUT2D eigenvalue weighted by molar-refractivity contribution is -0.188. The van der Waals surface area contributed by atoms with Crippen LogP contribution in [0, 0.1) is 17.8 Å². The largest absolute Gasteiger partial charge is 0.479 e. The predicted molar refractivity (Wildman–Crippen MR) is 69.4 cm³/mol. The first-order valence-corrected chi connectivity index (χ1v) is 6.92. The van der Waals surface area contributed by atoms with Gasteiger partial charge >= 0.3 is 5.97 Å². The van der Waals surface area contributed by atoms with E-state index in [1.807, 2.05) is 0 Å². The molecule has 2 N–H and O–H groups in total. The third-order valence-corrected chi connectivity index (χ3v) is 4.05. The van der Waals surface area contributed by atoms with E-state index in [-0.39, 0.29) is 12.5 Å². The van der Waals surface area contributed by atoms with Gasteiger partial charge < -0.3 is 14.9 Å². The van der Waals surface area contributed by atoms with E-state index < -0.39 is 11.6 Å². The van der Waals surface area contributed by atoms with Crippen molar-refractivity contribution in [1.29, 1.82) is 0 Å². The van der Waals surface area contributed by atoms with E-state index in [9.17, 15) is 9.90 Å². The first-order valence-electron chi connectivity index (χ1n) is 6.92. The fourth-order valence-corrected chi connectivity index (χ4v) is 3.13. The Labute approximate surface area is 109 Å². The highest BCUT2D eigenvalue weighted by atomic mass is 16.5. The van der Waals surface area contributed by atoms with Gasteiger partial charge in [-0.2, -0.15) is 0 Å². The van der Waals surface area contributed by atoms with Crippen LogP contribution in [0.1, 0.15) is 46.5 Å². The SMILES string of the molecule is CC1CCC(C(C)C)C(OCCCO)(C(=O)O)C1. The van der Waals surface area contributed by atoms with Gasteiger partial charge in [0.1, 0.15) is 0 Å². The molecule has 4 heteroatoms. The lowest BCUT2D eigenvalue weighted by Crippen LogP contribution is -2.54. The van der Waals surface area contributed by atoms with E-state index in [1.54, 1.807) is 0 Å². The Hall–Kier alpha value is -0.610. The zero-order valence-electron chi connectivity index (χ0n) is 11.7. The van der Waals surface area contributed by atoms with E-state index in [1.165, 1.54) is 0 Å². The van der Waals surface area contributed by atoms with Crippen LogP contribution < -0.4 is 0 Å². The standard InChI is InChI=1S/C14H26O4/c1-10(2)12-6-5-11(3)9-14(12,13(16)17)18-8-4-7-15/h10-12,15H,4-9H2,1-3H3,(H,16,17). The fraction of sp³-hybridized carbons (Fsp3) is 0.929. The molecule has 0 bridgehead atoms. The third kappa shape index (κ3) is 3.23. The highest BCUT2D eigenvalue weighted by molar-refractivity contribution is 5.78.